The highest BCUT2D eigenvalue weighted by molar-refractivity contribution is 6.43. The topological polar surface area (TPSA) is 60.4 Å². The summed E-state index contributed by atoms with van der Waals surface area (Å²) < 4.78 is 4.86. The second kappa shape index (κ2) is 9.86. The average Bonchev–Trinajstić information content (AvgIpc) is 2.68. The summed E-state index contributed by atoms with van der Waals surface area (Å²) >= 11 is 12.2. The summed E-state index contributed by atoms with van der Waals surface area (Å²) in [5.41, 5.74) is 2.50. The maximum absolute atomic E-state index is 12.9. The van der Waals surface area contributed by atoms with Gasteiger partial charge in [-0.2, -0.15) is 0 Å². The summed E-state index contributed by atoms with van der Waals surface area (Å²) in [6.45, 7) is 3.71. The molecule has 2 rings (SSSR count). The van der Waals surface area contributed by atoms with Gasteiger partial charge < -0.3 is 4.74 Å². The van der Waals surface area contributed by atoms with Gasteiger partial charge >= 0.3 is 5.97 Å². The smallest absolute Gasteiger partial charge is 0.349 e. The number of allylic oxidation sites excluding steroid dienone is 2. The first-order valence-electron chi connectivity index (χ1n) is 8.94. The lowest BCUT2D eigenvalue weighted by molar-refractivity contribution is -0.137. The van der Waals surface area contributed by atoms with Crippen LogP contribution in [0.2, 0.25) is 5.02 Å². The van der Waals surface area contributed by atoms with Crippen molar-refractivity contribution in [2.45, 2.75) is 45.4 Å². The van der Waals surface area contributed by atoms with E-state index < -0.39 is 11.9 Å². The van der Waals surface area contributed by atoms with Crippen molar-refractivity contribution in [1.82, 2.24) is 0 Å². The Morgan fingerprint density at radius 2 is 1.96 bits per heavy atom. The van der Waals surface area contributed by atoms with E-state index in [4.69, 9.17) is 27.9 Å². The SMILES string of the molecule is CCOC(=O)/C(Cl)=C/c1cc(C(C)C(=O)C2=C(C=O)CCCC2)ccc1Cl. The first-order chi connectivity index (χ1) is 12.9. The van der Waals surface area contributed by atoms with Gasteiger partial charge in [-0.25, -0.2) is 4.79 Å². The van der Waals surface area contributed by atoms with Crippen LogP contribution in [0.3, 0.4) is 0 Å². The van der Waals surface area contributed by atoms with E-state index in [0.717, 1.165) is 24.7 Å². The van der Waals surface area contributed by atoms with E-state index in [1.807, 2.05) is 0 Å². The molecule has 1 aromatic carbocycles. The van der Waals surface area contributed by atoms with Crippen LogP contribution in [-0.4, -0.2) is 24.6 Å². The molecule has 0 spiro atoms. The maximum Gasteiger partial charge on any atom is 0.349 e. The Morgan fingerprint density at radius 3 is 2.63 bits per heavy atom. The second-order valence-corrected chi connectivity index (χ2v) is 7.22. The molecule has 4 nitrogen and oxygen atoms in total. The molecule has 1 aliphatic rings. The molecule has 0 radical (unpaired) electrons. The van der Waals surface area contributed by atoms with E-state index in [1.165, 1.54) is 6.08 Å². The van der Waals surface area contributed by atoms with Crippen LogP contribution in [0.25, 0.3) is 6.08 Å². The highest BCUT2D eigenvalue weighted by atomic mass is 35.5. The molecule has 0 fully saturated rings. The summed E-state index contributed by atoms with van der Waals surface area (Å²) in [7, 11) is 0. The number of ether oxygens (including phenoxy) is 1. The number of Topliss-reactive ketones (excluding diaryl/α,β-unsaturated/α-hetero) is 1. The minimum atomic E-state index is -0.632. The van der Waals surface area contributed by atoms with Gasteiger partial charge in [0.05, 0.1) is 6.61 Å². The highest BCUT2D eigenvalue weighted by Gasteiger charge is 2.24. The molecule has 0 bridgehead atoms. The first kappa shape index (κ1) is 21.4. The fourth-order valence-electron chi connectivity index (χ4n) is 3.09. The Labute approximate surface area is 169 Å². The predicted octanol–water partition coefficient (Wildman–Crippen LogP) is 5.22. The molecular weight excluding hydrogens is 387 g/mol. The zero-order valence-electron chi connectivity index (χ0n) is 15.4. The van der Waals surface area contributed by atoms with Crippen LogP contribution in [0.1, 0.15) is 56.6 Å². The van der Waals surface area contributed by atoms with Crippen molar-refractivity contribution in [3.05, 3.63) is 50.5 Å². The van der Waals surface area contributed by atoms with Crippen LogP contribution in [0.5, 0.6) is 0 Å². The van der Waals surface area contributed by atoms with Gasteiger partial charge in [0, 0.05) is 16.5 Å². The van der Waals surface area contributed by atoms with E-state index in [-0.39, 0.29) is 17.4 Å². The third kappa shape index (κ3) is 5.30. The number of carbonyl (C=O) groups excluding carboxylic acids is 3. The van der Waals surface area contributed by atoms with Crippen molar-refractivity contribution in [3.8, 4) is 0 Å². The molecule has 0 heterocycles. The number of rotatable bonds is 7. The molecule has 27 heavy (non-hydrogen) atoms. The van der Waals surface area contributed by atoms with E-state index in [0.29, 0.717) is 34.6 Å². The Kier molecular flexibility index (Phi) is 7.81. The Balaban J connectivity index is 2.32. The molecule has 0 aliphatic heterocycles. The molecule has 0 saturated heterocycles. The van der Waals surface area contributed by atoms with Gasteiger partial charge in [0.1, 0.15) is 11.3 Å². The van der Waals surface area contributed by atoms with E-state index in [1.54, 1.807) is 32.0 Å². The molecule has 0 aromatic heterocycles. The number of benzene rings is 1. The molecule has 0 amide bonds. The third-order valence-electron chi connectivity index (χ3n) is 4.62. The molecule has 144 valence electrons. The van der Waals surface area contributed by atoms with Gasteiger partial charge in [-0.1, -0.05) is 36.2 Å². The first-order valence-corrected chi connectivity index (χ1v) is 9.69. The molecular formula is C21H22Cl2O4. The lowest BCUT2D eigenvalue weighted by atomic mass is 9.83. The molecule has 0 N–H and O–H groups in total. The van der Waals surface area contributed by atoms with Crippen molar-refractivity contribution in [1.29, 1.82) is 0 Å². The number of ketones is 1. The zero-order chi connectivity index (χ0) is 20.0. The van der Waals surface area contributed by atoms with Gasteiger partial charge in [-0.15, -0.1) is 0 Å². The van der Waals surface area contributed by atoms with Crippen LogP contribution in [0.15, 0.2) is 34.4 Å². The van der Waals surface area contributed by atoms with Gasteiger partial charge in [-0.05, 0) is 67.5 Å². The highest BCUT2D eigenvalue weighted by Crippen LogP contribution is 2.31. The minimum Gasteiger partial charge on any atom is -0.462 e. The minimum absolute atomic E-state index is 0.0504. The Hall–Kier alpha value is -1.91. The summed E-state index contributed by atoms with van der Waals surface area (Å²) in [6.07, 6.45) is 5.36. The van der Waals surface area contributed by atoms with Gasteiger partial charge in [0.15, 0.2) is 5.78 Å². The molecule has 1 atom stereocenters. The fourth-order valence-corrected chi connectivity index (χ4v) is 3.43. The van der Waals surface area contributed by atoms with Crippen LogP contribution in [-0.2, 0) is 19.1 Å². The van der Waals surface area contributed by atoms with Gasteiger partial charge in [0.2, 0.25) is 0 Å². The second-order valence-electron chi connectivity index (χ2n) is 6.41. The van der Waals surface area contributed by atoms with E-state index in [9.17, 15) is 14.4 Å². The lowest BCUT2D eigenvalue weighted by Gasteiger charge is -2.20. The molecule has 1 aliphatic carbocycles. The third-order valence-corrected chi connectivity index (χ3v) is 5.22. The van der Waals surface area contributed by atoms with Crippen LogP contribution >= 0.6 is 23.2 Å². The van der Waals surface area contributed by atoms with Crippen molar-refractivity contribution in [2.75, 3.05) is 6.61 Å². The summed E-state index contributed by atoms with van der Waals surface area (Å²) in [5, 5.41) is 0.319. The maximum atomic E-state index is 12.9. The fraction of sp³-hybridized carbons (Fsp3) is 0.381. The van der Waals surface area contributed by atoms with Crippen molar-refractivity contribution < 1.29 is 19.1 Å². The van der Waals surface area contributed by atoms with Gasteiger partial charge in [-0.3, -0.25) is 9.59 Å². The Bertz CT molecular complexity index is 808. The normalized spacial score (nSPS) is 16.1. The van der Waals surface area contributed by atoms with E-state index >= 15 is 0 Å². The number of hydrogen-bond donors (Lipinski definition) is 0. The number of aldehydes is 1. The number of carbonyl (C=O) groups is 3. The summed E-state index contributed by atoms with van der Waals surface area (Å²) in [4.78, 5) is 35.9. The van der Waals surface area contributed by atoms with Crippen LogP contribution in [0, 0.1) is 0 Å². The summed E-state index contributed by atoms with van der Waals surface area (Å²) in [5.74, 6) is -1.11. The largest absolute Gasteiger partial charge is 0.462 e. The lowest BCUT2D eigenvalue weighted by Crippen LogP contribution is -2.17. The predicted molar refractivity (Wildman–Crippen MR) is 107 cm³/mol. The monoisotopic (exact) mass is 408 g/mol. The van der Waals surface area contributed by atoms with Gasteiger partial charge in [0.25, 0.3) is 0 Å². The van der Waals surface area contributed by atoms with Crippen molar-refractivity contribution in [2.24, 2.45) is 0 Å². The number of esters is 1. The standard InChI is InChI=1S/C21H22Cl2O4/c1-3-27-21(26)19(23)11-16-10-14(8-9-18(16)22)13(2)20(25)17-7-5-4-6-15(17)12-24/h8-13H,3-7H2,1-2H3/b19-11-. The van der Waals surface area contributed by atoms with Crippen molar-refractivity contribution >= 4 is 47.3 Å². The molecule has 6 heteroatoms. The molecule has 1 aromatic rings. The number of halogens is 2. The van der Waals surface area contributed by atoms with E-state index in [2.05, 4.69) is 0 Å². The zero-order valence-corrected chi connectivity index (χ0v) is 16.9. The van der Waals surface area contributed by atoms with Crippen LogP contribution in [0.4, 0.5) is 0 Å². The van der Waals surface area contributed by atoms with Crippen LogP contribution < -0.4 is 0 Å². The number of hydrogen-bond acceptors (Lipinski definition) is 4. The van der Waals surface area contributed by atoms with Crippen molar-refractivity contribution in [3.63, 3.8) is 0 Å². The average molecular weight is 409 g/mol. The molecule has 0 saturated carbocycles. The Morgan fingerprint density at radius 1 is 1.26 bits per heavy atom. The molecule has 1 unspecified atom stereocenters. The quantitative estimate of drug-likeness (QED) is 0.352. The summed E-state index contributed by atoms with van der Waals surface area (Å²) in [6, 6.07) is 5.17.